The molecule has 5 N–H and O–H groups in total. The Balaban J connectivity index is 2.37. The molecular weight excluding hydrogens is 214 g/mol. The number of hydrazine groups is 1. The van der Waals surface area contributed by atoms with Crippen LogP contribution in [-0.4, -0.2) is 33.7 Å². The molecule has 0 spiro atoms. The number of pyridine rings is 1. The zero-order chi connectivity index (χ0) is 11.1. The van der Waals surface area contributed by atoms with Crippen LogP contribution in [-0.2, 0) is 5.75 Å². The van der Waals surface area contributed by atoms with Gasteiger partial charge in [0.25, 0.3) is 0 Å². The van der Waals surface area contributed by atoms with Gasteiger partial charge in [0.15, 0.2) is 0 Å². The fourth-order valence-corrected chi connectivity index (χ4v) is 1.92. The van der Waals surface area contributed by atoms with E-state index in [4.69, 9.17) is 16.1 Å². The van der Waals surface area contributed by atoms with Gasteiger partial charge in [-0.3, -0.25) is 0 Å². The molecule has 1 heterocycles. The molecule has 1 unspecified atom stereocenters. The molecule has 84 valence electrons. The third kappa shape index (κ3) is 4.48. The first-order valence-electron chi connectivity index (χ1n) is 4.54. The molecule has 0 aliphatic rings. The minimum atomic E-state index is -0.649. The van der Waals surface area contributed by atoms with Gasteiger partial charge in [-0.15, -0.1) is 0 Å². The van der Waals surface area contributed by atoms with Gasteiger partial charge in [-0.1, -0.05) is 0 Å². The van der Waals surface area contributed by atoms with Crippen molar-refractivity contribution in [1.29, 1.82) is 0 Å². The summed E-state index contributed by atoms with van der Waals surface area (Å²) in [6.45, 7) is -0.195. The van der Waals surface area contributed by atoms with Crippen LogP contribution < -0.4 is 11.3 Å². The number of hydrogen-bond donors (Lipinski definition) is 4. The second-order valence-electron chi connectivity index (χ2n) is 3.05. The van der Waals surface area contributed by atoms with Crippen molar-refractivity contribution in [2.45, 2.75) is 11.9 Å². The van der Waals surface area contributed by atoms with Crippen molar-refractivity contribution in [2.75, 3.05) is 17.8 Å². The highest BCUT2D eigenvalue weighted by atomic mass is 32.2. The maximum Gasteiger partial charge on any atom is 0.140 e. The number of nitrogens with zero attached hydrogens (tertiary/aromatic N) is 1. The lowest BCUT2D eigenvalue weighted by atomic mass is 10.3. The summed E-state index contributed by atoms with van der Waals surface area (Å²) in [4.78, 5) is 3.98. The molecular formula is C9H15N3O2S. The molecule has 0 radical (unpaired) electrons. The Labute approximate surface area is 92.7 Å². The molecule has 0 saturated carbocycles. The summed E-state index contributed by atoms with van der Waals surface area (Å²) in [7, 11) is 0. The van der Waals surface area contributed by atoms with E-state index in [0.717, 1.165) is 11.3 Å². The normalized spacial score (nSPS) is 12.5. The quantitative estimate of drug-likeness (QED) is 0.404. The summed E-state index contributed by atoms with van der Waals surface area (Å²) in [5.41, 5.74) is 3.54. The number of hydrogen-bond acceptors (Lipinski definition) is 6. The first-order valence-corrected chi connectivity index (χ1v) is 5.70. The Kier molecular flexibility index (Phi) is 5.41. The maximum absolute atomic E-state index is 9.12. The van der Waals surface area contributed by atoms with E-state index in [2.05, 4.69) is 10.4 Å². The van der Waals surface area contributed by atoms with Crippen LogP contribution in [0.4, 0.5) is 5.82 Å². The Bertz CT molecular complexity index is 298. The number of thioether (sulfide) groups is 1. The van der Waals surface area contributed by atoms with E-state index in [9.17, 15) is 0 Å². The Morgan fingerprint density at radius 3 is 3.07 bits per heavy atom. The van der Waals surface area contributed by atoms with Crippen molar-refractivity contribution in [1.82, 2.24) is 4.98 Å². The van der Waals surface area contributed by atoms with Crippen molar-refractivity contribution in [3.63, 3.8) is 0 Å². The number of aliphatic hydroxyl groups is 2. The van der Waals surface area contributed by atoms with Crippen LogP contribution in [0, 0.1) is 0 Å². The van der Waals surface area contributed by atoms with Gasteiger partial charge in [0.1, 0.15) is 5.82 Å². The highest BCUT2D eigenvalue weighted by Gasteiger charge is 2.02. The molecule has 0 bridgehead atoms. The van der Waals surface area contributed by atoms with E-state index >= 15 is 0 Å². The number of aliphatic hydroxyl groups excluding tert-OH is 2. The van der Waals surface area contributed by atoms with Crippen LogP contribution in [0.2, 0.25) is 0 Å². The molecule has 0 aromatic carbocycles. The van der Waals surface area contributed by atoms with Crippen LogP contribution in [0.1, 0.15) is 5.56 Å². The number of nitrogens with one attached hydrogen (secondary N) is 1. The standard InChI is InChI=1S/C9H15N3O2S/c10-12-9-3-7(1-2-11-9)5-15-6-8(14)4-13/h1-3,8,13-14H,4-6,10H2,(H,11,12). The third-order valence-electron chi connectivity index (χ3n) is 1.76. The van der Waals surface area contributed by atoms with E-state index in [1.807, 2.05) is 12.1 Å². The van der Waals surface area contributed by atoms with Crippen LogP contribution in [0.3, 0.4) is 0 Å². The number of anilines is 1. The molecule has 0 aliphatic heterocycles. The summed E-state index contributed by atoms with van der Waals surface area (Å²) < 4.78 is 0. The number of nitrogen functional groups attached to an aromatic ring is 1. The topological polar surface area (TPSA) is 91.4 Å². The first kappa shape index (κ1) is 12.3. The molecule has 1 aromatic heterocycles. The van der Waals surface area contributed by atoms with Crippen LogP contribution >= 0.6 is 11.8 Å². The van der Waals surface area contributed by atoms with Gasteiger partial charge in [0.2, 0.25) is 0 Å². The summed E-state index contributed by atoms with van der Waals surface area (Å²) >= 11 is 1.55. The number of rotatable bonds is 6. The summed E-state index contributed by atoms with van der Waals surface area (Å²) in [6, 6.07) is 3.73. The molecule has 0 saturated heterocycles. The van der Waals surface area contributed by atoms with Gasteiger partial charge in [0.05, 0.1) is 12.7 Å². The zero-order valence-corrected chi connectivity index (χ0v) is 9.07. The largest absolute Gasteiger partial charge is 0.394 e. The van der Waals surface area contributed by atoms with Crippen LogP contribution in [0.15, 0.2) is 18.3 Å². The maximum atomic E-state index is 9.12. The summed E-state index contributed by atoms with van der Waals surface area (Å²) in [5.74, 6) is 7.12. The minimum absolute atomic E-state index is 0.195. The van der Waals surface area contributed by atoms with E-state index in [0.29, 0.717) is 11.6 Å². The number of aromatic nitrogens is 1. The monoisotopic (exact) mass is 229 g/mol. The fraction of sp³-hybridized carbons (Fsp3) is 0.444. The molecule has 0 fully saturated rings. The lowest BCUT2D eigenvalue weighted by molar-refractivity contribution is 0.113. The van der Waals surface area contributed by atoms with E-state index in [-0.39, 0.29) is 6.61 Å². The highest BCUT2D eigenvalue weighted by Crippen LogP contribution is 2.14. The van der Waals surface area contributed by atoms with Gasteiger partial charge in [0, 0.05) is 17.7 Å². The lowest BCUT2D eigenvalue weighted by Crippen LogP contribution is -2.14. The zero-order valence-electron chi connectivity index (χ0n) is 8.26. The molecule has 5 nitrogen and oxygen atoms in total. The van der Waals surface area contributed by atoms with Gasteiger partial charge in [-0.2, -0.15) is 11.8 Å². The molecule has 1 rings (SSSR count). The molecule has 6 heteroatoms. The van der Waals surface area contributed by atoms with Crippen molar-refractivity contribution in [2.24, 2.45) is 5.84 Å². The SMILES string of the molecule is NNc1cc(CSCC(O)CO)ccn1. The van der Waals surface area contributed by atoms with Crippen LogP contribution in [0.25, 0.3) is 0 Å². The third-order valence-corrected chi connectivity index (χ3v) is 2.92. The highest BCUT2D eigenvalue weighted by molar-refractivity contribution is 7.98. The second-order valence-corrected chi connectivity index (χ2v) is 4.08. The van der Waals surface area contributed by atoms with Crippen molar-refractivity contribution < 1.29 is 10.2 Å². The van der Waals surface area contributed by atoms with E-state index in [1.165, 1.54) is 0 Å². The predicted octanol–water partition coefficient (Wildman–Crippen LogP) is -0.0464. The van der Waals surface area contributed by atoms with Gasteiger partial charge in [-0.25, -0.2) is 10.8 Å². The van der Waals surface area contributed by atoms with Crippen LogP contribution in [0.5, 0.6) is 0 Å². The molecule has 0 aliphatic carbocycles. The van der Waals surface area contributed by atoms with E-state index in [1.54, 1.807) is 18.0 Å². The molecule has 1 aromatic rings. The fourth-order valence-electron chi connectivity index (χ4n) is 1.01. The average Bonchev–Trinajstić information content (AvgIpc) is 2.29. The predicted molar refractivity (Wildman–Crippen MR) is 61.3 cm³/mol. The smallest absolute Gasteiger partial charge is 0.140 e. The lowest BCUT2D eigenvalue weighted by Gasteiger charge is -2.07. The van der Waals surface area contributed by atoms with E-state index < -0.39 is 6.10 Å². The second kappa shape index (κ2) is 6.62. The molecule has 15 heavy (non-hydrogen) atoms. The van der Waals surface area contributed by atoms with Gasteiger partial charge in [-0.05, 0) is 17.7 Å². The summed E-state index contributed by atoms with van der Waals surface area (Å²) in [5, 5.41) is 17.7. The average molecular weight is 229 g/mol. The van der Waals surface area contributed by atoms with Gasteiger partial charge < -0.3 is 15.6 Å². The molecule has 1 atom stereocenters. The van der Waals surface area contributed by atoms with Crippen molar-refractivity contribution in [3.8, 4) is 0 Å². The Morgan fingerprint density at radius 2 is 2.40 bits per heavy atom. The minimum Gasteiger partial charge on any atom is -0.394 e. The molecule has 0 amide bonds. The van der Waals surface area contributed by atoms with Crippen molar-refractivity contribution >= 4 is 17.6 Å². The van der Waals surface area contributed by atoms with Crippen molar-refractivity contribution in [3.05, 3.63) is 23.9 Å². The van der Waals surface area contributed by atoms with Gasteiger partial charge >= 0.3 is 0 Å². The number of nitrogens with two attached hydrogens (primary N) is 1. The summed E-state index contributed by atoms with van der Waals surface area (Å²) in [6.07, 6.45) is 1.03. The Morgan fingerprint density at radius 1 is 1.60 bits per heavy atom. The Hall–Kier alpha value is -0.820. The first-order chi connectivity index (χ1) is 7.26.